The molecular weight excluding hydrogens is 416 g/mol. The van der Waals surface area contributed by atoms with E-state index in [2.05, 4.69) is 5.32 Å². The fourth-order valence-corrected chi connectivity index (χ4v) is 4.16. The maximum absolute atomic E-state index is 13.2. The highest BCUT2D eigenvalue weighted by molar-refractivity contribution is 5.87. The van der Waals surface area contributed by atoms with Crippen molar-refractivity contribution in [2.45, 2.75) is 70.5 Å². The summed E-state index contributed by atoms with van der Waals surface area (Å²) in [6, 6.07) is 16.9. The Bertz CT molecular complexity index is 863. The van der Waals surface area contributed by atoms with E-state index in [4.69, 9.17) is 9.47 Å². The molecule has 1 fully saturated rings. The largest absolute Gasteiger partial charge is 0.497 e. The van der Waals surface area contributed by atoms with Crippen LogP contribution in [0.2, 0.25) is 0 Å². The van der Waals surface area contributed by atoms with Gasteiger partial charge < -0.3 is 19.7 Å². The molecule has 33 heavy (non-hydrogen) atoms. The van der Waals surface area contributed by atoms with Gasteiger partial charge in [0.05, 0.1) is 13.7 Å². The third-order valence-corrected chi connectivity index (χ3v) is 6.18. The second kappa shape index (κ2) is 12.9. The van der Waals surface area contributed by atoms with Crippen LogP contribution in [0.3, 0.4) is 0 Å². The van der Waals surface area contributed by atoms with Crippen LogP contribution in [0.4, 0.5) is 0 Å². The van der Waals surface area contributed by atoms with Gasteiger partial charge in [-0.3, -0.25) is 9.59 Å². The summed E-state index contributed by atoms with van der Waals surface area (Å²) in [6.07, 6.45) is 6.48. The summed E-state index contributed by atoms with van der Waals surface area (Å²) in [5, 5.41) is 3.17. The molecule has 0 bridgehead atoms. The lowest BCUT2D eigenvalue weighted by Gasteiger charge is -2.31. The number of amides is 2. The molecule has 1 saturated carbocycles. The summed E-state index contributed by atoms with van der Waals surface area (Å²) in [5.41, 5.74) is 1.01. The molecule has 1 atom stereocenters. The zero-order chi connectivity index (χ0) is 23.5. The van der Waals surface area contributed by atoms with Crippen LogP contribution in [0, 0.1) is 0 Å². The summed E-state index contributed by atoms with van der Waals surface area (Å²) in [6.45, 7) is 2.67. The number of hydrogen-bond acceptors (Lipinski definition) is 4. The molecule has 0 radical (unpaired) electrons. The maximum atomic E-state index is 13.2. The van der Waals surface area contributed by atoms with Crippen molar-refractivity contribution < 1.29 is 19.1 Å². The molecule has 0 aliphatic heterocycles. The first kappa shape index (κ1) is 24.6. The number of methoxy groups -OCH3 is 1. The first-order valence-corrected chi connectivity index (χ1v) is 12.0. The number of hydrogen-bond donors (Lipinski definition) is 1. The first-order valence-electron chi connectivity index (χ1n) is 12.0. The second-order valence-electron chi connectivity index (χ2n) is 8.65. The van der Waals surface area contributed by atoms with Gasteiger partial charge in [-0.2, -0.15) is 0 Å². The van der Waals surface area contributed by atoms with Crippen molar-refractivity contribution in [2.24, 2.45) is 0 Å². The highest BCUT2D eigenvalue weighted by Crippen LogP contribution is 2.19. The van der Waals surface area contributed by atoms with Gasteiger partial charge in [0.2, 0.25) is 11.8 Å². The summed E-state index contributed by atoms with van der Waals surface area (Å²) < 4.78 is 10.9. The third kappa shape index (κ3) is 7.81. The number of nitrogens with one attached hydrogen (secondary N) is 1. The molecule has 178 valence electrons. The number of rotatable bonds is 11. The van der Waals surface area contributed by atoms with Gasteiger partial charge in [-0.05, 0) is 56.0 Å². The first-order chi connectivity index (χ1) is 16.1. The van der Waals surface area contributed by atoms with Gasteiger partial charge in [-0.1, -0.05) is 49.6 Å². The van der Waals surface area contributed by atoms with Gasteiger partial charge in [0.25, 0.3) is 0 Å². The Balaban J connectivity index is 1.56. The summed E-state index contributed by atoms with van der Waals surface area (Å²) in [5.74, 6) is 1.41. The molecule has 0 saturated heterocycles. The van der Waals surface area contributed by atoms with E-state index < -0.39 is 6.04 Å². The normalized spacial score (nSPS) is 14.8. The average Bonchev–Trinajstić information content (AvgIpc) is 2.86. The van der Waals surface area contributed by atoms with Gasteiger partial charge in [0.1, 0.15) is 17.5 Å². The zero-order valence-corrected chi connectivity index (χ0v) is 19.8. The standard InChI is InChI=1S/C27H36N2O4/c1-21(27(31)28-23-12-7-4-8-13-23)29(20-22-10-5-3-6-11-22)26(30)14-9-19-33-25-17-15-24(32-2)16-18-25/h3,5-6,10-11,15-18,21,23H,4,7-9,12-14,19-20H2,1-2H3,(H,28,31). The smallest absolute Gasteiger partial charge is 0.242 e. The van der Waals surface area contributed by atoms with Gasteiger partial charge >= 0.3 is 0 Å². The second-order valence-corrected chi connectivity index (χ2v) is 8.65. The quantitative estimate of drug-likeness (QED) is 0.501. The van der Waals surface area contributed by atoms with Crippen molar-refractivity contribution in [1.82, 2.24) is 10.2 Å². The minimum Gasteiger partial charge on any atom is -0.497 e. The van der Waals surface area contributed by atoms with Gasteiger partial charge in [-0.15, -0.1) is 0 Å². The fourth-order valence-electron chi connectivity index (χ4n) is 4.16. The lowest BCUT2D eigenvalue weighted by atomic mass is 9.95. The van der Waals surface area contributed by atoms with E-state index in [1.165, 1.54) is 6.42 Å². The summed E-state index contributed by atoms with van der Waals surface area (Å²) >= 11 is 0. The lowest BCUT2D eigenvalue weighted by molar-refractivity contribution is -0.141. The molecule has 0 aromatic heterocycles. The number of carbonyl (C=O) groups excluding carboxylic acids is 2. The Morgan fingerprint density at radius 2 is 1.67 bits per heavy atom. The molecule has 0 spiro atoms. The molecule has 6 nitrogen and oxygen atoms in total. The Hall–Kier alpha value is -3.02. The topological polar surface area (TPSA) is 67.9 Å². The van der Waals surface area contributed by atoms with Gasteiger partial charge in [0, 0.05) is 19.0 Å². The van der Waals surface area contributed by atoms with Gasteiger partial charge in [-0.25, -0.2) is 0 Å². The Kier molecular flexibility index (Phi) is 9.60. The number of benzene rings is 2. The van der Waals surface area contributed by atoms with E-state index in [1.54, 1.807) is 12.0 Å². The van der Waals surface area contributed by atoms with Crippen molar-refractivity contribution in [2.75, 3.05) is 13.7 Å². The highest BCUT2D eigenvalue weighted by atomic mass is 16.5. The predicted molar refractivity (Wildman–Crippen MR) is 129 cm³/mol. The Morgan fingerprint density at radius 3 is 2.33 bits per heavy atom. The van der Waals surface area contributed by atoms with E-state index in [9.17, 15) is 9.59 Å². The van der Waals surface area contributed by atoms with Crippen molar-refractivity contribution in [3.63, 3.8) is 0 Å². The van der Waals surface area contributed by atoms with E-state index in [0.29, 0.717) is 26.0 Å². The Morgan fingerprint density at radius 1 is 1.00 bits per heavy atom. The van der Waals surface area contributed by atoms with Crippen LogP contribution >= 0.6 is 0 Å². The van der Waals surface area contributed by atoms with Crippen LogP contribution in [-0.4, -0.2) is 42.5 Å². The monoisotopic (exact) mass is 452 g/mol. The summed E-state index contributed by atoms with van der Waals surface area (Å²) in [7, 11) is 1.62. The molecule has 1 aliphatic rings. The summed E-state index contributed by atoms with van der Waals surface area (Å²) in [4.78, 5) is 27.8. The van der Waals surface area contributed by atoms with Crippen LogP contribution in [-0.2, 0) is 16.1 Å². The van der Waals surface area contributed by atoms with E-state index in [0.717, 1.165) is 42.7 Å². The average molecular weight is 453 g/mol. The predicted octanol–water partition coefficient (Wildman–Crippen LogP) is 4.72. The van der Waals surface area contributed by atoms with E-state index >= 15 is 0 Å². The van der Waals surface area contributed by atoms with Crippen LogP contribution in [0.5, 0.6) is 11.5 Å². The van der Waals surface area contributed by atoms with Crippen LogP contribution < -0.4 is 14.8 Å². The molecule has 3 rings (SSSR count). The van der Waals surface area contributed by atoms with Crippen LogP contribution in [0.25, 0.3) is 0 Å². The minimum atomic E-state index is -0.526. The number of ether oxygens (including phenoxy) is 2. The van der Waals surface area contributed by atoms with Crippen molar-refractivity contribution in [3.05, 3.63) is 60.2 Å². The fraction of sp³-hybridized carbons (Fsp3) is 0.481. The zero-order valence-electron chi connectivity index (χ0n) is 19.8. The number of carbonyl (C=O) groups is 2. The van der Waals surface area contributed by atoms with Crippen molar-refractivity contribution in [1.29, 1.82) is 0 Å². The molecular formula is C27H36N2O4. The van der Waals surface area contributed by atoms with Crippen LogP contribution in [0.15, 0.2) is 54.6 Å². The lowest BCUT2D eigenvalue weighted by Crippen LogP contribution is -2.50. The van der Waals surface area contributed by atoms with Crippen molar-refractivity contribution in [3.8, 4) is 11.5 Å². The molecule has 6 heteroatoms. The highest BCUT2D eigenvalue weighted by Gasteiger charge is 2.27. The molecule has 2 aromatic carbocycles. The molecule has 0 heterocycles. The van der Waals surface area contributed by atoms with E-state index in [-0.39, 0.29) is 17.9 Å². The minimum absolute atomic E-state index is 0.0384. The molecule has 1 N–H and O–H groups in total. The molecule has 1 unspecified atom stereocenters. The molecule has 1 aliphatic carbocycles. The van der Waals surface area contributed by atoms with Crippen LogP contribution in [0.1, 0.15) is 57.4 Å². The number of nitrogens with zero attached hydrogens (tertiary/aromatic N) is 1. The molecule has 2 aromatic rings. The third-order valence-electron chi connectivity index (χ3n) is 6.18. The molecule has 2 amide bonds. The maximum Gasteiger partial charge on any atom is 0.242 e. The van der Waals surface area contributed by atoms with Crippen molar-refractivity contribution >= 4 is 11.8 Å². The Labute approximate surface area is 197 Å². The SMILES string of the molecule is COc1ccc(OCCCC(=O)N(Cc2ccccc2)C(C)C(=O)NC2CCCCC2)cc1. The van der Waals surface area contributed by atoms with E-state index in [1.807, 2.05) is 61.5 Å². The van der Waals surface area contributed by atoms with Gasteiger partial charge in [0.15, 0.2) is 0 Å².